The van der Waals surface area contributed by atoms with E-state index in [2.05, 4.69) is 26.1 Å². The minimum Gasteiger partial charge on any atom is -0.463 e. The van der Waals surface area contributed by atoms with Gasteiger partial charge in [-0.1, -0.05) is 0 Å². The van der Waals surface area contributed by atoms with Crippen LogP contribution in [0.15, 0.2) is 0 Å². The first-order valence-corrected chi connectivity index (χ1v) is 6.13. The molecule has 0 fully saturated rings. The summed E-state index contributed by atoms with van der Waals surface area (Å²) in [5.41, 5.74) is -0.324. The predicted molar refractivity (Wildman–Crippen MR) is 69.0 cm³/mol. The molecule has 0 radical (unpaired) electrons. The third-order valence-electron chi connectivity index (χ3n) is 1.97. The van der Waals surface area contributed by atoms with Crippen LogP contribution in [0.5, 0.6) is 0 Å². The van der Waals surface area contributed by atoms with Crippen molar-refractivity contribution < 1.29 is 14.3 Å². The number of carbonyl (C=O) groups excluding carboxylic acids is 1. The van der Waals surface area contributed by atoms with E-state index in [1.807, 2.05) is 20.8 Å². The van der Waals surface area contributed by atoms with Crippen LogP contribution in [0.2, 0.25) is 0 Å². The minimum absolute atomic E-state index is 0.113. The molecule has 0 aliphatic carbocycles. The monoisotopic (exact) mass is 245 g/mol. The molecule has 0 spiro atoms. The van der Waals surface area contributed by atoms with Gasteiger partial charge in [-0.2, -0.15) is 0 Å². The van der Waals surface area contributed by atoms with Gasteiger partial charge in [-0.15, -0.1) is 0 Å². The Labute approximate surface area is 105 Å². The van der Waals surface area contributed by atoms with Crippen LogP contribution >= 0.6 is 0 Å². The quantitative estimate of drug-likeness (QED) is 0.574. The Morgan fingerprint density at radius 3 is 2.06 bits per heavy atom. The fourth-order valence-electron chi connectivity index (χ4n) is 1.01. The lowest BCUT2D eigenvalue weighted by Crippen LogP contribution is -2.38. The van der Waals surface area contributed by atoms with Crippen molar-refractivity contribution in [2.45, 2.75) is 47.1 Å². The zero-order chi connectivity index (χ0) is 13.5. The summed E-state index contributed by atoms with van der Waals surface area (Å²) in [6, 6.07) is 0. The Kier molecular flexibility index (Phi) is 6.72. The van der Waals surface area contributed by atoms with Crippen LogP contribution in [0.1, 0.15) is 41.5 Å². The average molecular weight is 245 g/mol. The van der Waals surface area contributed by atoms with Gasteiger partial charge in [-0.3, -0.25) is 4.79 Å². The topological polar surface area (TPSA) is 47.6 Å². The van der Waals surface area contributed by atoms with Gasteiger partial charge in [-0.25, -0.2) is 0 Å². The molecule has 17 heavy (non-hydrogen) atoms. The molecule has 0 aliphatic rings. The number of hydrogen-bond acceptors (Lipinski definition) is 4. The van der Waals surface area contributed by atoms with Gasteiger partial charge in [0.1, 0.15) is 6.61 Å². The van der Waals surface area contributed by atoms with Crippen LogP contribution in [0.4, 0.5) is 0 Å². The van der Waals surface area contributed by atoms with Crippen molar-refractivity contribution in [2.75, 3.05) is 26.4 Å². The summed E-state index contributed by atoms with van der Waals surface area (Å²) in [5.74, 6) is -0.186. The number of esters is 1. The largest absolute Gasteiger partial charge is 0.463 e. The second-order valence-corrected chi connectivity index (χ2v) is 6.18. The van der Waals surface area contributed by atoms with Gasteiger partial charge < -0.3 is 14.8 Å². The second kappa shape index (κ2) is 6.97. The molecule has 0 amide bonds. The highest BCUT2D eigenvalue weighted by Crippen LogP contribution is 2.14. The highest BCUT2D eigenvalue weighted by atomic mass is 16.6. The van der Waals surface area contributed by atoms with Crippen molar-refractivity contribution >= 4 is 5.97 Å². The first-order valence-electron chi connectivity index (χ1n) is 6.13. The third kappa shape index (κ3) is 10.3. The van der Waals surface area contributed by atoms with Crippen LogP contribution in [0.25, 0.3) is 0 Å². The van der Waals surface area contributed by atoms with Gasteiger partial charge in [0.05, 0.1) is 18.6 Å². The van der Waals surface area contributed by atoms with E-state index in [0.717, 1.165) is 6.54 Å². The molecule has 0 aromatic rings. The predicted octanol–water partition coefficient (Wildman–Crippen LogP) is 1.98. The molecule has 0 bridgehead atoms. The maximum absolute atomic E-state index is 11.4. The van der Waals surface area contributed by atoms with E-state index < -0.39 is 5.41 Å². The molecule has 0 heterocycles. The lowest BCUT2D eigenvalue weighted by molar-refractivity contribution is -0.154. The summed E-state index contributed by atoms with van der Waals surface area (Å²) in [7, 11) is 0. The minimum atomic E-state index is -0.437. The zero-order valence-corrected chi connectivity index (χ0v) is 12.1. The van der Waals surface area contributed by atoms with Gasteiger partial charge in [-0.05, 0) is 41.5 Å². The van der Waals surface area contributed by atoms with Crippen LogP contribution in [0, 0.1) is 5.41 Å². The van der Waals surface area contributed by atoms with Crippen molar-refractivity contribution in [2.24, 2.45) is 5.41 Å². The number of rotatable bonds is 6. The summed E-state index contributed by atoms with van der Waals surface area (Å²) in [6.07, 6.45) is 0. The molecular formula is C13H27NO3. The van der Waals surface area contributed by atoms with E-state index in [1.54, 1.807) is 0 Å². The first kappa shape index (κ1) is 16.4. The molecular weight excluding hydrogens is 218 g/mol. The van der Waals surface area contributed by atoms with Gasteiger partial charge in [0.15, 0.2) is 0 Å². The van der Waals surface area contributed by atoms with E-state index in [-0.39, 0.29) is 11.5 Å². The zero-order valence-electron chi connectivity index (χ0n) is 12.1. The SMILES string of the molecule is CC(C)(C)NCCOCCOC(=O)C(C)(C)C. The normalized spacial score (nSPS) is 12.6. The molecule has 1 N–H and O–H groups in total. The maximum atomic E-state index is 11.4. The molecule has 0 unspecified atom stereocenters. The van der Waals surface area contributed by atoms with Crippen LogP contribution in [-0.2, 0) is 14.3 Å². The Hall–Kier alpha value is -0.610. The molecule has 0 atom stereocenters. The standard InChI is InChI=1S/C13H27NO3/c1-12(2,3)11(15)17-10-9-16-8-7-14-13(4,5)6/h14H,7-10H2,1-6H3. The van der Waals surface area contributed by atoms with E-state index in [4.69, 9.17) is 9.47 Å². The van der Waals surface area contributed by atoms with Crippen LogP contribution < -0.4 is 5.32 Å². The van der Waals surface area contributed by atoms with Gasteiger partial charge in [0.25, 0.3) is 0 Å². The number of hydrogen-bond donors (Lipinski definition) is 1. The molecule has 0 aromatic carbocycles. The molecule has 0 saturated carbocycles. The number of nitrogens with one attached hydrogen (secondary N) is 1. The van der Waals surface area contributed by atoms with E-state index in [9.17, 15) is 4.79 Å². The summed E-state index contributed by atoms with van der Waals surface area (Å²) < 4.78 is 10.4. The van der Waals surface area contributed by atoms with Crippen molar-refractivity contribution in [1.29, 1.82) is 0 Å². The molecule has 0 aromatic heterocycles. The molecule has 0 rings (SSSR count). The Morgan fingerprint density at radius 2 is 1.59 bits per heavy atom. The van der Waals surface area contributed by atoms with Gasteiger partial charge in [0.2, 0.25) is 0 Å². The molecule has 0 saturated heterocycles. The molecule has 0 aliphatic heterocycles. The van der Waals surface area contributed by atoms with E-state index >= 15 is 0 Å². The Balaban J connectivity index is 3.39. The fraction of sp³-hybridized carbons (Fsp3) is 0.923. The summed E-state index contributed by atoms with van der Waals surface area (Å²) in [4.78, 5) is 11.4. The summed E-state index contributed by atoms with van der Waals surface area (Å²) in [6.45, 7) is 14.0. The van der Waals surface area contributed by atoms with E-state index in [0.29, 0.717) is 19.8 Å². The highest BCUT2D eigenvalue weighted by molar-refractivity contribution is 5.75. The Bertz CT molecular complexity index is 226. The second-order valence-electron chi connectivity index (χ2n) is 6.18. The van der Waals surface area contributed by atoms with Gasteiger partial charge >= 0.3 is 5.97 Å². The third-order valence-corrected chi connectivity index (χ3v) is 1.97. The van der Waals surface area contributed by atoms with Crippen molar-refractivity contribution in [1.82, 2.24) is 5.32 Å². The lowest BCUT2D eigenvalue weighted by atomic mass is 9.97. The summed E-state index contributed by atoms with van der Waals surface area (Å²) in [5, 5.41) is 3.31. The number of carbonyl (C=O) groups is 1. The van der Waals surface area contributed by atoms with Crippen LogP contribution in [0.3, 0.4) is 0 Å². The molecule has 102 valence electrons. The average Bonchev–Trinajstić information content (AvgIpc) is 2.12. The highest BCUT2D eigenvalue weighted by Gasteiger charge is 2.22. The molecule has 4 nitrogen and oxygen atoms in total. The lowest BCUT2D eigenvalue weighted by Gasteiger charge is -2.20. The van der Waals surface area contributed by atoms with Crippen LogP contribution in [-0.4, -0.2) is 37.9 Å². The van der Waals surface area contributed by atoms with E-state index in [1.165, 1.54) is 0 Å². The fourth-order valence-corrected chi connectivity index (χ4v) is 1.01. The Morgan fingerprint density at radius 1 is 1.00 bits per heavy atom. The maximum Gasteiger partial charge on any atom is 0.311 e. The first-order chi connectivity index (χ1) is 7.63. The number of ether oxygens (including phenoxy) is 2. The molecule has 4 heteroatoms. The van der Waals surface area contributed by atoms with Gasteiger partial charge in [0, 0.05) is 12.1 Å². The van der Waals surface area contributed by atoms with Crippen molar-refractivity contribution in [3.63, 3.8) is 0 Å². The summed E-state index contributed by atoms with van der Waals surface area (Å²) >= 11 is 0. The smallest absolute Gasteiger partial charge is 0.311 e. The van der Waals surface area contributed by atoms with Crippen molar-refractivity contribution in [3.05, 3.63) is 0 Å². The van der Waals surface area contributed by atoms with Crippen molar-refractivity contribution in [3.8, 4) is 0 Å².